The van der Waals surface area contributed by atoms with Crippen LogP contribution in [0.15, 0.2) is 4.79 Å². The average molecular weight is 249 g/mol. The number of pyridine rings is 1. The van der Waals surface area contributed by atoms with E-state index in [1.54, 1.807) is 0 Å². The molecule has 0 saturated carbocycles. The lowest BCUT2D eigenvalue weighted by atomic mass is 9.84. The highest BCUT2D eigenvalue weighted by molar-refractivity contribution is 5.89. The second kappa shape index (κ2) is 4.96. The molecule has 0 saturated heterocycles. The van der Waals surface area contributed by atoms with Gasteiger partial charge in [-0.3, -0.25) is 4.79 Å². The Bertz CT molecular complexity index is 531. The number of hydrogen-bond acceptors (Lipinski definition) is 2. The van der Waals surface area contributed by atoms with Crippen LogP contribution in [0.5, 0.6) is 0 Å². The maximum Gasteiger partial charge on any atom is 0.341 e. The van der Waals surface area contributed by atoms with E-state index in [-0.39, 0.29) is 11.5 Å². The Morgan fingerprint density at radius 3 is 2.50 bits per heavy atom. The smallest absolute Gasteiger partial charge is 0.341 e. The van der Waals surface area contributed by atoms with E-state index in [0.29, 0.717) is 6.42 Å². The van der Waals surface area contributed by atoms with Crippen LogP contribution in [0.1, 0.15) is 66.2 Å². The fourth-order valence-corrected chi connectivity index (χ4v) is 2.73. The van der Waals surface area contributed by atoms with Crippen LogP contribution in [0.2, 0.25) is 0 Å². The summed E-state index contributed by atoms with van der Waals surface area (Å²) in [4.78, 5) is 26.0. The first kappa shape index (κ1) is 12.9. The minimum Gasteiger partial charge on any atom is -0.477 e. The van der Waals surface area contributed by atoms with Crippen molar-refractivity contribution in [1.29, 1.82) is 0 Å². The second-order valence-corrected chi connectivity index (χ2v) is 5.02. The highest BCUT2D eigenvalue weighted by Crippen LogP contribution is 2.29. The molecule has 0 fully saturated rings. The summed E-state index contributed by atoms with van der Waals surface area (Å²) in [7, 11) is 0. The van der Waals surface area contributed by atoms with Crippen LogP contribution in [0.3, 0.4) is 0 Å². The maximum absolute atomic E-state index is 11.9. The number of aromatic carboxylic acids is 1. The summed E-state index contributed by atoms with van der Waals surface area (Å²) in [6.07, 6.45) is 4.57. The summed E-state index contributed by atoms with van der Waals surface area (Å²) >= 11 is 0. The second-order valence-electron chi connectivity index (χ2n) is 5.02. The zero-order valence-electron chi connectivity index (χ0n) is 10.9. The Labute approximate surface area is 106 Å². The van der Waals surface area contributed by atoms with Crippen LogP contribution in [0.4, 0.5) is 0 Å². The monoisotopic (exact) mass is 249 g/mol. The standard InChI is InChI=1S/C14H19NO3/c1-3-8(2)12-10-7-5-4-6-9(10)11(14(17)18)13(16)15-12/h8H,3-7H2,1-2H3,(H,15,16)(H,17,18). The Morgan fingerprint density at radius 1 is 1.33 bits per heavy atom. The van der Waals surface area contributed by atoms with Gasteiger partial charge in [0.2, 0.25) is 0 Å². The Morgan fingerprint density at radius 2 is 1.94 bits per heavy atom. The minimum atomic E-state index is -1.11. The molecular formula is C14H19NO3. The van der Waals surface area contributed by atoms with Gasteiger partial charge in [0.1, 0.15) is 5.56 Å². The molecule has 98 valence electrons. The third kappa shape index (κ3) is 2.07. The predicted octanol–water partition coefficient (Wildman–Crippen LogP) is 2.47. The third-order valence-corrected chi connectivity index (χ3v) is 3.89. The maximum atomic E-state index is 11.9. The van der Waals surface area contributed by atoms with Gasteiger partial charge in [-0.05, 0) is 49.1 Å². The number of aromatic amines is 1. The molecular weight excluding hydrogens is 230 g/mol. The number of carbonyl (C=O) groups is 1. The van der Waals surface area contributed by atoms with Crippen molar-refractivity contribution in [3.05, 3.63) is 32.7 Å². The summed E-state index contributed by atoms with van der Waals surface area (Å²) in [5, 5.41) is 9.19. The van der Waals surface area contributed by atoms with E-state index in [1.807, 2.05) is 0 Å². The number of hydrogen-bond donors (Lipinski definition) is 2. The Hall–Kier alpha value is -1.58. The number of H-pyrrole nitrogens is 1. The van der Waals surface area contributed by atoms with Crippen molar-refractivity contribution in [2.75, 3.05) is 0 Å². The van der Waals surface area contributed by atoms with Crippen LogP contribution in [-0.4, -0.2) is 16.1 Å². The van der Waals surface area contributed by atoms with Crippen LogP contribution in [-0.2, 0) is 12.8 Å². The summed E-state index contributed by atoms with van der Waals surface area (Å²) in [5.74, 6) is -0.836. The molecule has 0 aromatic carbocycles. The molecule has 1 aliphatic carbocycles. The van der Waals surface area contributed by atoms with E-state index in [9.17, 15) is 14.7 Å². The lowest BCUT2D eigenvalue weighted by Crippen LogP contribution is -2.27. The SMILES string of the molecule is CCC(C)c1[nH]c(=O)c(C(=O)O)c2c1CCCC2. The van der Waals surface area contributed by atoms with Crippen LogP contribution in [0, 0.1) is 0 Å². The number of aromatic nitrogens is 1. The van der Waals surface area contributed by atoms with Gasteiger partial charge in [0.15, 0.2) is 0 Å². The van der Waals surface area contributed by atoms with Crippen LogP contribution < -0.4 is 5.56 Å². The lowest BCUT2D eigenvalue weighted by Gasteiger charge is -2.23. The molecule has 1 atom stereocenters. The highest BCUT2D eigenvalue weighted by atomic mass is 16.4. The van der Waals surface area contributed by atoms with Gasteiger partial charge in [0, 0.05) is 5.69 Å². The summed E-state index contributed by atoms with van der Waals surface area (Å²) in [6.45, 7) is 4.14. The molecule has 2 N–H and O–H groups in total. The molecule has 1 aromatic rings. The topological polar surface area (TPSA) is 70.2 Å². The van der Waals surface area contributed by atoms with Gasteiger partial charge < -0.3 is 10.1 Å². The molecule has 2 rings (SSSR count). The van der Waals surface area contributed by atoms with Crippen molar-refractivity contribution in [1.82, 2.24) is 4.98 Å². The van der Waals surface area contributed by atoms with Crippen LogP contribution in [0.25, 0.3) is 0 Å². The molecule has 1 aliphatic rings. The van der Waals surface area contributed by atoms with E-state index in [2.05, 4.69) is 18.8 Å². The molecule has 1 heterocycles. The first-order valence-electron chi connectivity index (χ1n) is 6.57. The fraction of sp³-hybridized carbons (Fsp3) is 0.571. The van der Waals surface area contributed by atoms with Crippen LogP contribution >= 0.6 is 0 Å². The third-order valence-electron chi connectivity index (χ3n) is 3.89. The first-order valence-corrected chi connectivity index (χ1v) is 6.57. The molecule has 4 nitrogen and oxygen atoms in total. The molecule has 0 radical (unpaired) electrons. The van der Waals surface area contributed by atoms with Gasteiger partial charge in [-0.15, -0.1) is 0 Å². The number of rotatable bonds is 3. The molecule has 0 spiro atoms. The van der Waals surface area contributed by atoms with Crippen molar-refractivity contribution < 1.29 is 9.90 Å². The normalized spacial score (nSPS) is 16.1. The summed E-state index contributed by atoms with van der Waals surface area (Å²) in [6, 6.07) is 0. The van der Waals surface area contributed by atoms with Gasteiger partial charge in [-0.25, -0.2) is 4.79 Å². The Balaban J connectivity index is 2.69. The minimum absolute atomic E-state index is 0.0447. The van der Waals surface area contributed by atoms with Crippen molar-refractivity contribution in [2.24, 2.45) is 0 Å². The predicted molar refractivity (Wildman–Crippen MR) is 69.4 cm³/mol. The van der Waals surface area contributed by atoms with Crippen molar-refractivity contribution >= 4 is 5.97 Å². The average Bonchev–Trinajstić information content (AvgIpc) is 2.36. The van der Waals surface area contributed by atoms with Gasteiger partial charge in [-0.1, -0.05) is 13.8 Å². The van der Waals surface area contributed by atoms with E-state index in [1.165, 1.54) is 0 Å². The zero-order chi connectivity index (χ0) is 13.3. The molecule has 4 heteroatoms. The quantitative estimate of drug-likeness (QED) is 0.864. The van der Waals surface area contributed by atoms with E-state index in [0.717, 1.165) is 42.5 Å². The number of fused-ring (bicyclic) bond motifs is 1. The molecule has 1 unspecified atom stereocenters. The highest BCUT2D eigenvalue weighted by Gasteiger charge is 2.25. The van der Waals surface area contributed by atoms with E-state index < -0.39 is 11.5 Å². The largest absolute Gasteiger partial charge is 0.477 e. The van der Waals surface area contributed by atoms with Crippen molar-refractivity contribution in [3.63, 3.8) is 0 Å². The molecule has 18 heavy (non-hydrogen) atoms. The number of nitrogens with one attached hydrogen (secondary N) is 1. The molecule has 0 amide bonds. The Kier molecular flexibility index (Phi) is 3.55. The lowest BCUT2D eigenvalue weighted by molar-refractivity contribution is 0.0693. The number of carboxylic acids is 1. The van der Waals surface area contributed by atoms with Crippen molar-refractivity contribution in [3.8, 4) is 0 Å². The molecule has 0 aliphatic heterocycles. The zero-order valence-corrected chi connectivity index (χ0v) is 10.9. The van der Waals surface area contributed by atoms with Gasteiger partial charge in [0.05, 0.1) is 0 Å². The van der Waals surface area contributed by atoms with Gasteiger partial charge in [0.25, 0.3) is 5.56 Å². The molecule has 1 aromatic heterocycles. The number of carboxylic acid groups (broad SMARTS) is 1. The van der Waals surface area contributed by atoms with Crippen molar-refractivity contribution in [2.45, 2.75) is 51.9 Å². The van der Waals surface area contributed by atoms with Gasteiger partial charge in [-0.2, -0.15) is 0 Å². The molecule has 0 bridgehead atoms. The van der Waals surface area contributed by atoms with E-state index in [4.69, 9.17) is 0 Å². The summed E-state index contributed by atoms with van der Waals surface area (Å²) in [5.41, 5.74) is 2.30. The van der Waals surface area contributed by atoms with E-state index >= 15 is 0 Å². The fourth-order valence-electron chi connectivity index (χ4n) is 2.73. The summed E-state index contributed by atoms with van der Waals surface area (Å²) < 4.78 is 0. The first-order chi connectivity index (χ1) is 8.56. The van der Waals surface area contributed by atoms with Gasteiger partial charge >= 0.3 is 5.97 Å².